The van der Waals surface area contributed by atoms with Gasteiger partial charge in [0.1, 0.15) is 18.5 Å². The smallest absolute Gasteiger partial charge is 0.277 e. The Hall–Kier alpha value is -1.96. The van der Waals surface area contributed by atoms with E-state index < -0.39 is 46.5 Å². The number of hydroxylamine groups is 1. The number of nitrogens with one attached hydrogen (secondary N) is 2. The summed E-state index contributed by atoms with van der Waals surface area (Å²) < 4.78 is 60.7. The zero-order valence-electron chi connectivity index (χ0n) is 14.4. The van der Waals surface area contributed by atoms with E-state index in [0.717, 1.165) is 6.07 Å². The lowest BCUT2D eigenvalue weighted by molar-refractivity contribution is -0.0365. The SMILES string of the molecule is COCC(O)CONC(=O)c1cc(F)c(F)c(F)c1Nc1ccc(I)cc1F. The highest BCUT2D eigenvalue weighted by Gasteiger charge is 2.24. The zero-order chi connectivity index (χ0) is 20.8. The van der Waals surface area contributed by atoms with Crippen LogP contribution in [0.25, 0.3) is 0 Å². The highest BCUT2D eigenvalue weighted by molar-refractivity contribution is 14.1. The van der Waals surface area contributed by atoms with Gasteiger partial charge in [0.2, 0.25) is 0 Å². The molecular formula is C17H15F4IN2O4. The number of aliphatic hydroxyl groups is 1. The highest BCUT2D eigenvalue weighted by Crippen LogP contribution is 2.30. The van der Waals surface area contributed by atoms with Gasteiger partial charge in [0.05, 0.1) is 23.5 Å². The van der Waals surface area contributed by atoms with Crippen molar-refractivity contribution < 1.29 is 37.0 Å². The van der Waals surface area contributed by atoms with Gasteiger partial charge in [-0.3, -0.25) is 9.63 Å². The molecule has 0 saturated carbocycles. The van der Waals surface area contributed by atoms with Crippen molar-refractivity contribution in [2.75, 3.05) is 25.6 Å². The van der Waals surface area contributed by atoms with E-state index >= 15 is 0 Å². The number of halogens is 5. The maximum absolute atomic E-state index is 14.3. The Morgan fingerprint density at radius 3 is 2.50 bits per heavy atom. The van der Waals surface area contributed by atoms with Gasteiger partial charge in [0.15, 0.2) is 17.5 Å². The van der Waals surface area contributed by atoms with Crippen molar-refractivity contribution in [3.05, 3.63) is 56.7 Å². The average molecular weight is 514 g/mol. The Bertz CT molecular complexity index is 870. The van der Waals surface area contributed by atoms with Gasteiger partial charge in [-0.2, -0.15) is 0 Å². The third-order valence-electron chi connectivity index (χ3n) is 3.40. The minimum Gasteiger partial charge on any atom is -0.388 e. The van der Waals surface area contributed by atoms with E-state index in [9.17, 15) is 27.5 Å². The first kappa shape index (κ1) is 22.3. The molecule has 0 spiro atoms. The summed E-state index contributed by atoms with van der Waals surface area (Å²) in [6.45, 7) is -0.450. The van der Waals surface area contributed by atoms with Crippen LogP contribution in [0.4, 0.5) is 28.9 Å². The van der Waals surface area contributed by atoms with Crippen LogP contribution >= 0.6 is 22.6 Å². The van der Waals surface area contributed by atoms with Crippen molar-refractivity contribution in [3.8, 4) is 0 Å². The van der Waals surface area contributed by atoms with Crippen molar-refractivity contribution in [3.63, 3.8) is 0 Å². The second kappa shape index (κ2) is 10.0. The van der Waals surface area contributed by atoms with Gasteiger partial charge in [-0.25, -0.2) is 23.0 Å². The monoisotopic (exact) mass is 514 g/mol. The van der Waals surface area contributed by atoms with E-state index in [0.29, 0.717) is 9.64 Å². The van der Waals surface area contributed by atoms with Crippen LogP contribution < -0.4 is 10.8 Å². The summed E-state index contributed by atoms with van der Waals surface area (Å²) in [6, 6.07) is 4.30. The van der Waals surface area contributed by atoms with E-state index in [-0.39, 0.29) is 18.9 Å². The van der Waals surface area contributed by atoms with Crippen molar-refractivity contribution >= 4 is 39.9 Å². The second-order valence-electron chi connectivity index (χ2n) is 5.51. The molecule has 152 valence electrons. The van der Waals surface area contributed by atoms with Crippen molar-refractivity contribution in [1.82, 2.24) is 5.48 Å². The average Bonchev–Trinajstić information content (AvgIpc) is 2.63. The number of hydrogen-bond acceptors (Lipinski definition) is 5. The van der Waals surface area contributed by atoms with E-state index in [1.165, 1.54) is 19.2 Å². The van der Waals surface area contributed by atoms with Crippen molar-refractivity contribution in [1.29, 1.82) is 0 Å². The maximum Gasteiger partial charge on any atom is 0.277 e. The molecule has 1 unspecified atom stereocenters. The first-order chi connectivity index (χ1) is 13.2. The highest BCUT2D eigenvalue weighted by atomic mass is 127. The molecule has 1 atom stereocenters. The molecule has 28 heavy (non-hydrogen) atoms. The molecular weight excluding hydrogens is 499 g/mol. The van der Waals surface area contributed by atoms with Gasteiger partial charge in [-0.1, -0.05) is 0 Å². The molecule has 2 rings (SSSR count). The number of hydrogen-bond donors (Lipinski definition) is 3. The summed E-state index contributed by atoms with van der Waals surface area (Å²) in [6.07, 6.45) is -1.06. The van der Waals surface area contributed by atoms with Crippen LogP contribution in [0, 0.1) is 26.8 Å². The number of anilines is 2. The molecule has 6 nitrogen and oxygen atoms in total. The van der Waals surface area contributed by atoms with Crippen molar-refractivity contribution in [2.45, 2.75) is 6.10 Å². The van der Waals surface area contributed by atoms with E-state index in [1.54, 1.807) is 0 Å². The molecule has 0 aliphatic carbocycles. The van der Waals surface area contributed by atoms with E-state index in [4.69, 9.17) is 4.84 Å². The molecule has 0 aromatic heterocycles. The largest absolute Gasteiger partial charge is 0.388 e. The lowest BCUT2D eigenvalue weighted by Crippen LogP contribution is -2.31. The summed E-state index contributed by atoms with van der Waals surface area (Å²) in [5.74, 6) is -7.09. The standard InChI is InChI=1S/C17H15F4IN2O4/c1-27-6-9(25)7-28-24-17(26)10-5-12(19)14(20)15(21)16(10)23-13-3-2-8(22)4-11(13)18/h2-5,9,23,25H,6-7H2,1H3,(H,24,26). The van der Waals surface area contributed by atoms with Gasteiger partial charge < -0.3 is 15.2 Å². The fourth-order valence-electron chi connectivity index (χ4n) is 2.12. The van der Waals surface area contributed by atoms with Crippen LogP contribution in [0.2, 0.25) is 0 Å². The van der Waals surface area contributed by atoms with Crippen LogP contribution in [-0.4, -0.2) is 37.4 Å². The Balaban J connectivity index is 2.29. The maximum atomic E-state index is 14.3. The molecule has 0 radical (unpaired) electrons. The number of methoxy groups -OCH3 is 1. The van der Waals surface area contributed by atoms with E-state index in [1.807, 2.05) is 28.1 Å². The molecule has 0 fully saturated rings. The van der Waals surface area contributed by atoms with Crippen LogP contribution in [0.5, 0.6) is 0 Å². The normalized spacial score (nSPS) is 12.0. The Kier molecular flexibility index (Phi) is 7.98. The number of carbonyl (C=O) groups excluding carboxylic acids is 1. The minimum absolute atomic E-state index is 0.0748. The van der Waals surface area contributed by atoms with Crippen LogP contribution in [0.3, 0.4) is 0 Å². The molecule has 0 aliphatic rings. The summed E-state index contributed by atoms with van der Waals surface area (Å²) in [5, 5.41) is 11.7. The molecule has 11 heteroatoms. The third kappa shape index (κ3) is 5.53. The summed E-state index contributed by atoms with van der Waals surface area (Å²) >= 11 is 1.85. The molecule has 0 bridgehead atoms. The predicted octanol–water partition coefficient (Wildman–Crippen LogP) is 3.26. The third-order valence-corrected chi connectivity index (χ3v) is 4.07. The first-order valence-electron chi connectivity index (χ1n) is 7.73. The number of ether oxygens (including phenoxy) is 1. The van der Waals surface area contributed by atoms with Crippen molar-refractivity contribution in [2.24, 2.45) is 0 Å². The van der Waals surface area contributed by atoms with Gasteiger partial charge in [-0.15, -0.1) is 0 Å². The molecule has 0 saturated heterocycles. The molecule has 3 N–H and O–H groups in total. The molecule has 0 aliphatic heterocycles. The van der Waals surface area contributed by atoms with Gasteiger partial charge >= 0.3 is 0 Å². The quantitative estimate of drug-likeness (QED) is 0.218. The summed E-state index contributed by atoms with van der Waals surface area (Å²) in [7, 11) is 1.34. The van der Waals surface area contributed by atoms with Crippen LogP contribution in [-0.2, 0) is 9.57 Å². The van der Waals surface area contributed by atoms with Gasteiger partial charge in [-0.05, 0) is 46.9 Å². The van der Waals surface area contributed by atoms with Crippen LogP contribution in [0.15, 0.2) is 24.3 Å². The molecule has 1 amide bonds. The lowest BCUT2D eigenvalue weighted by Gasteiger charge is -2.15. The Morgan fingerprint density at radius 1 is 1.14 bits per heavy atom. The fourth-order valence-corrected chi connectivity index (χ4v) is 2.57. The fraction of sp³-hybridized carbons (Fsp3) is 0.235. The number of rotatable bonds is 8. The van der Waals surface area contributed by atoms with E-state index in [2.05, 4.69) is 10.1 Å². The zero-order valence-corrected chi connectivity index (χ0v) is 16.5. The number of benzene rings is 2. The van der Waals surface area contributed by atoms with Gasteiger partial charge in [0.25, 0.3) is 5.91 Å². The lowest BCUT2D eigenvalue weighted by atomic mass is 10.1. The topological polar surface area (TPSA) is 79.8 Å². The Morgan fingerprint density at radius 2 is 1.86 bits per heavy atom. The number of amides is 1. The number of aliphatic hydroxyl groups excluding tert-OH is 1. The summed E-state index contributed by atoms with van der Waals surface area (Å²) in [5.41, 5.74) is 0.162. The predicted molar refractivity (Wildman–Crippen MR) is 100 cm³/mol. The number of carbonyl (C=O) groups is 1. The van der Waals surface area contributed by atoms with Gasteiger partial charge in [0, 0.05) is 10.7 Å². The molecule has 0 heterocycles. The second-order valence-corrected chi connectivity index (χ2v) is 6.76. The molecule has 2 aromatic carbocycles. The minimum atomic E-state index is -1.83. The van der Waals surface area contributed by atoms with Crippen LogP contribution in [0.1, 0.15) is 10.4 Å². The summed E-state index contributed by atoms with van der Waals surface area (Å²) in [4.78, 5) is 17.0. The molecule has 2 aromatic rings. The first-order valence-corrected chi connectivity index (χ1v) is 8.81. The Labute approximate surface area is 170 Å².